The average molecular weight is 452 g/mol. The second-order valence-electron chi connectivity index (χ2n) is 9.94. The van der Waals surface area contributed by atoms with E-state index in [2.05, 4.69) is 80.6 Å². The van der Waals surface area contributed by atoms with Gasteiger partial charge in [0, 0.05) is 16.4 Å². The molecule has 0 amide bonds. The molecule has 3 aromatic carbocycles. The van der Waals surface area contributed by atoms with Crippen LogP contribution in [-0.2, 0) is 14.9 Å². The molecule has 0 bridgehead atoms. The fourth-order valence-electron chi connectivity index (χ4n) is 5.89. The summed E-state index contributed by atoms with van der Waals surface area (Å²) in [5, 5.41) is 3.61. The number of nitrogens with zero attached hydrogens (tertiary/aromatic N) is 1. The summed E-state index contributed by atoms with van der Waals surface area (Å²) < 4.78 is 5.45. The van der Waals surface area contributed by atoms with Gasteiger partial charge in [0.25, 0.3) is 0 Å². The number of ether oxygens (including phenoxy) is 1. The van der Waals surface area contributed by atoms with Gasteiger partial charge in [-0.1, -0.05) is 81.8 Å². The van der Waals surface area contributed by atoms with Gasteiger partial charge >= 0.3 is 5.97 Å². The molecule has 174 valence electrons. The van der Waals surface area contributed by atoms with E-state index in [9.17, 15) is 4.79 Å². The van der Waals surface area contributed by atoms with Crippen LogP contribution in [0.15, 0.2) is 66.7 Å². The molecular weight excluding hydrogens is 418 g/mol. The van der Waals surface area contributed by atoms with Crippen molar-refractivity contribution < 1.29 is 9.53 Å². The second-order valence-corrected chi connectivity index (χ2v) is 9.94. The van der Waals surface area contributed by atoms with Crippen LogP contribution in [-0.4, -0.2) is 17.6 Å². The molecule has 4 aromatic rings. The Bertz CT molecular complexity index is 1370. The first kappa shape index (κ1) is 22.6. The van der Waals surface area contributed by atoms with Gasteiger partial charge in [0.2, 0.25) is 0 Å². The highest BCUT2D eigenvalue weighted by Crippen LogP contribution is 2.56. The predicted molar refractivity (Wildman–Crippen MR) is 140 cm³/mol. The van der Waals surface area contributed by atoms with Gasteiger partial charge in [-0.3, -0.25) is 4.79 Å². The fourth-order valence-corrected chi connectivity index (χ4v) is 5.89. The Balaban J connectivity index is 1.83. The number of para-hydroxylation sites is 1. The molecule has 3 heteroatoms. The molecule has 1 heterocycles. The summed E-state index contributed by atoms with van der Waals surface area (Å²) in [6.45, 7) is 8.88. The first-order chi connectivity index (χ1) is 16.5. The van der Waals surface area contributed by atoms with E-state index in [1.54, 1.807) is 0 Å². The average Bonchev–Trinajstić information content (AvgIpc) is 3.11. The maximum atomic E-state index is 12.8. The number of esters is 1. The Hall–Kier alpha value is -3.20. The van der Waals surface area contributed by atoms with E-state index in [-0.39, 0.29) is 17.3 Å². The molecule has 0 aliphatic heterocycles. The van der Waals surface area contributed by atoms with Gasteiger partial charge in [0.1, 0.15) is 0 Å². The summed E-state index contributed by atoms with van der Waals surface area (Å²) in [6, 6.07) is 23.8. The molecular formula is C31H33NO2. The van der Waals surface area contributed by atoms with Crippen LogP contribution in [0.25, 0.3) is 32.9 Å². The van der Waals surface area contributed by atoms with Crippen LogP contribution in [0, 0.1) is 11.8 Å². The Morgan fingerprint density at radius 3 is 2.41 bits per heavy atom. The Kier molecular flexibility index (Phi) is 5.89. The van der Waals surface area contributed by atoms with Crippen LogP contribution in [0.5, 0.6) is 0 Å². The lowest BCUT2D eigenvalue weighted by Gasteiger charge is -2.36. The third kappa shape index (κ3) is 3.58. The highest BCUT2D eigenvalue weighted by molar-refractivity contribution is 6.03. The molecule has 3 atom stereocenters. The Morgan fingerprint density at radius 2 is 1.65 bits per heavy atom. The summed E-state index contributed by atoms with van der Waals surface area (Å²) in [7, 11) is 0. The van der Waals surface area contributed by atoms with E-state index >= 15 is 0 Å². The van der Waals surface area contributed by atoms with E-state index < -0.39 is 0 Å². The zero-order valence-corrected chi connectivity index (χ0v) is 20.6. The molecule has 34 heavy (non-hydrogen) atoms. The highest BCUT2D eigenvalue weighted by Gasteiger charge is 2.47. The third-order valence-corrected chi connectivity index (χ3v) is 7.66. The van der Waals surface area contributed by atoms with E-state index in [1.165, 1.54) is 27.5 Å². The number of benzene rings is 3. The fraction of sp³-hybridized carbons (Fsp3) is 0.355. The van der Waals surface area contributed by atoms with Crippen LogP contribution in [0.2, 0.25) is 0 Å². The lowest BCUT2D eigenvalue weighted by atomic mass is 9.67. The van der Waals surface area contributed by atoms with Crippen molar-refractivity contribution in [3.05, 3.63) is 77.9 Å². The van der Waals surface area contributed by atoms with Crippen LogP contribution in [0.1, 0.15) is 58.1 Å². The van der Waals surface area contributed by atoms with Crippen LogP contribution < -0.4 is 0 Å². The minimum absolute atomic E-state index is 0.115. The molecule has 3 nitrogen and oxygen atoms in total. The van der Waals surface area contributed by atoms with Gasteiger partial charge in [0.05, 0.1) is 23.7 Å². The molecule has 1 aliphatic rings. The zero-order chi connectivity index (χ0) is 23.9. The standard InChI is InChI=1S/C31H33NO2/c1-5-20(3)18-31(19-21(4)30(33)34-6-2)25-16-15-22-11-7-9-13-24(22)28(25)29-26(31)17-23-12-8-10-14-27(23)32-29/h7-17,20-21H,5-6,18-19H2,1-4H3. The number of aromatic nitrogens is 1. The van der Waals surface area contributed by atoms with Crippen molar-refractivity contribution in [2.75, 3.05) is 6.61 Å². The van der Waals surface area contributed by atoms with Crippen molar-refractivity contribution in [1.82, 2.24) is 4.98 Å². The molecule has 5 rings (SSSR count). The van der Waals surface area contributed by atoms with Crippen LogP contribution >= 0.6 is 0 Å². The molecule has 0 spiro atoms. The van der Waals surface area contributed by atoms with Gasteiger partial charge in [-0.05, 0) is 59.7 Å². The maximum Gasteiger partial charge on any atom is 0.308 e. The maximum absolute atomic E-state index is 12.8. The summed E-state index contributed by atoms with van der Waals surface area (Å²) >= 11 is 0. The van der Waals surface area contributed by atoms with Crippen molar-refractivity contribution in [1.29, 1.82) is 0 Å². The molecule has 0 fully saturated rings. The molecule has 1 aliphatic carbocycles. The molecule has 0 radical (unpaired) electrons. The third-order valence-electron chi connectivity index (χ3n) is 7.66. The summed E-state index contributed by atoms with van der Waals surface area (Å²) in [5.74, 6) is 0.183. The molecule has 0 saturated heterocycles. The molecule has 0 N–H and O–H groups in total. The Labute approximate surface area is 202 Å². The van der Waals surface area contributed by atoms with E-state index in [1.807, 2.05) is 13.8 Å². The van der Waals surface area contributed by atoms with Crippen molar-refractivity contribution in [3.63, 3.8) is 0 Å². The number of carbonyl (C=O) groups excluding carboxylic acids is 1. The summed E-state index contributed by atoms with van der Waals surface area (Å²) in [5.41, 5.74) is 5.60. The highest BCUT2D eigenvalue weighted by atomic mass is 16.5. The largest absolute Gasteiger partial charge is 0.466 e. The number of hydrogen-bond donors (Lipinski definition) is 0. The lowest BCUT2D eigenvalue weighted by Crippen LogP contribution is -2.33. The smallest absolute Gasteiger partial charge is 0.308 e. The number of hydrogen-bond acceptors (Lipinski definition) is 3. The summed E-state index contributed by atoms with van der Waals surface area (Å²) in [4.78, 5) is 18.1. The van der Waals surface area contributed by atoms with E-state index in [4.69, 9.17) is 9.72 Å². The predicted octanol–water partition coefficient (Wildman–Crippen LogP) is 7.68. The van der Waals surface area contributed by atoms with E-state index in [0.717, 1.165) is 29.4 Å². The normalized spacial score (nSPS) is 18.5. The molecule has 1 aromatic heterocycles. The minimum Gasteiger partial charge on any atom is -0.466 e. The van der Waals surface area contributed by atoms with Gasteiger partial charge in [-0.25, -0.2) is 4.98 Å². The molecule has 3 unspecified atom stereocenters. The minimum atomic E-state index is -0.284. The first-order valence-corrected chi connectivity index (χ1v) is 12.6. The van der Waals surface area contributed by atoms with Crippen molar-refractivity contribution >= 4 is 27.6 Å². The van der Waals surface area contributed by atoms with Crippen molar-refractivity contribution in [2.45, 2.75) is 52.4 Å². The number of fused-ring (bicyclic) bond motifs is 6. The zero-order valence-electron chi connectivity index (χ0n) is 20.6. The molecule has 0 saturated carbocycles. The summed E-state index contributed by atoms with van der Waals surface area (Å²) in [6.07, 6.45) is 2.79. The SMILES string of the molecule is CCOC(=O)C(C)CC1(CC(C)CC)c2cc3ccccc3nc2-c2c1ccc1ccccc21. The van der Waals surface area contributed by atoms with Gasteiger partial charge in [-0.15, -0.1) is 0 Å². The second kappa shape index (κ2) is 8.87. The van der Waals surface area contributed by atoms with Crippen molar-refractivity contribution in [2.24, 2.45) is 11.8 Å². The monoisotopic (exact) mass is 451 g/mol. The lowest BCUT2D eigenvalue weighted by molar-refractivity contribution is -0.148. The van der Waals surface area contributed by atoms with Crippen LogP contribution in [0.4, 0.5) is 0 Å². The van der Waals surface area contributed by atoms with E-state index in [0.29, 0.717) is 18.9 Å². The topological polar surface area (TPSA) is 39.2 Å². The van der Waals surface area contributed by atoms with Gasteiger partial charge in [-0.2, -0.15) is 0 Å². The quantitative estimate of drug-likeness (QED) is 0.271. The van der Waals surface area contributed by atoms with Gasteiger partial charge < -0.3 is 4.74 Å². The first-order valence-electron chi connectivity index (χ1n) is 12.6. The van der Waals surface area contributed by atoms with Gasteiger partial charge in [0.15, 0.2) is 0 Å². The van der Waals surface area contributed by atoms with Crippen molar-refractivity contribution in [3.8, 4) is 11.3 Å². The number of carbonyl (C=O) groups is 1. The Morgan fingerprint density at radius 1 is 0.912 bits per heavy atom. The number of rotatable bonds is 7. The number of pyridine rings is 1. The van der Waals surface area contributed by atoms with Crippen LogP contribution in [0.3, 0.4) is 0 Å².